The van der Waals surface area contributed by atoms with E-state index >= 15 is 0 Å². The monoisotopic (exact) mass is 333 g/mol. The van der Waals surface area contributed by atoms with Crippen LogP contribution in [0, 0.1) is 0 Å². The molecular weight excluding hydrogens is 322 g/mol. The molecule has 1 heterocycles. The number of phenolic OH excluding ortho intramolecular Hbond substituents is 1. The molecule has 3 rings (SSSR count). The molecule has 2 N–H and O–H groups in total. The first kappa shape index (κ1) is 15.2. The summed E-state index contributed by atoms with van der Waals surface area (Å²) in [4.78, 5) is 24.8. The van der Waals surface area contributed by atoms with Gasteiger partial charge in [0, 0.05) is 5.56 Å². The second-order valence-electron chi connectivity index (χ2n) is 5.00. The van der Waals surface area contributed by atoms with Crippen molar-refractivity contribution in [2.45, 2.75) is 11.4 Å². The zero-order valence-corrected chi connectivity index (χ0v) is 12.4. The van der Waals surface area contributed by atoms with Crippen molar-refractivity contribution >= 4 is 27.5 Å². The number of nitrogens with zero attached hydrogens (tertiary/aromatic N) is 1. The third-order valence-corrected chi connectivity index (χ3v) is 4.41. The lowest BCUT2D eigenvalue weighted by Gasteiger charge is -2.17. The molecule has 8 heteroatoms. The van der Waals surface area contributed by atoms with Crippen LogP contribution in [0.2, 0.25) is 0 Å². The molecule has 1 amide bonds. The maximum Gasteiger partial charge on any atom is 0.299 e. The van der Waals surface area contributed by atoms with Gasteiger partial charge in [0.25, 0.3) is 21.8 Å². The normalized spacial score (nSPS) is 14.2. The molecule has 0 bridgehead atoms. The van der Waals surface area contributed by atoms with Gasteiger partial charge in [0.1, 0.15) is 5.75 Å². The summed E-state index contributed by atoms with van der Waals surface area (Å²) in [6.07, 6.45) is 0. The van der Waals surface area contributed by atoms with E-state index in [4.69, 9.17) is 4.55 Å². The molecule has 2 aromatic carbocycles. The number of carbonyl (C=O) groups is 2. The van der Waals surface area contributed by atoms with Gasteiger partial charge in [0.15, 0.2) is 0 Å². The number of hydrogen-bond donors (Lipinski definition) is 2. The highest BCUT2D eigenvalue weighted by atomic mass is 32.2. The fraction of sp³-hybridized carbons (Fsp3) is 0.0667. The van der Waals surface area contributed by atoms with E-state index in [1.165, 1.54) is 12.1 Å². The molecule has 23 heavy (non-hydrogen) atoms. The third-order valence-electron chi connectivity index (χ3n) is 3.56. The van der Waals surface area contributed by atoms with Gasteiger partial charge in [-0.2, -0.15) is 8.42 Å². The summed E-state index contributed by atoms with van der Waals surface area (Å²) in [6.45, 7) is -0.0323. The molecule has 0 unspecified atom stereocenters. The Morgan fingerprint density at radius 1 is 1.04 bits per heavy atom. The van der Waals surface area contributed by atoms with Crippen LogP contribution in [-0.2, 0) is 21.5 Å². The number of aromatic hydroxyl groups is 1. The van der Waals surface area contributed by atoms with Crippen molar-refractivity contribution in [1.29, 1.82) is 0 Å². The second-order valence-corrected chi connectivity index (χ2v) is 6.42. The van der Waals surface area contributed by atoms with Crippen LogP contribution in [0.4, 0.5) is 5.69 Å². The van der Waals surface area contributed by atoms with Crippen molar-refractivity contribution in [2.24, 2.45) is 0 Å². The van der Waals surface area contributed by atoms with Crippen molar-refractivity contribution < 1.29 is 27.7 Å². The van der Waals surface area contributed by atoms with E-state index in [1.807, 2.05) is 0 Å². The number of hydrogen-bond acceptors (Lipinski definition) is 5. The molecule has 2 aromatic rings. The highest BCUT2D eigenvalue weighted by Crippen LogP contribution is 2.33. The predicted molar refractivity (Wildman–Crippen MR) is 79.9 cm³/mol. The zero-order valence-electron chi connectivity index (χ0n) is 11.6. The highest BCUT2D eigenvalue weighted by Gasteiger charge is 2.36. The van der Waals surface area contributed by atoms with Crippen LogP contribution in [-0.4, -0.2) is 29.8 Å². The summed E-state index contributed by atoms with van der Waals surface area (Å²) in [5, 5.41) is 9.79. The lowest BCUT2D eigenvalue weighted by atomic mass is 10.1. The van der Waals surface area contributed by atoms with Crippen molar-refractivity contribution in [1.82, 2.24) is 0 Å². The Hall–Kier alpha value is -2.71. The molecule has 0 spiro atoms. The standard InChI is InChI=1S/C15H11NO6S/c17-13-4-2-1-3-9(13)8-16-12-6-5-10(23(20,21)22)7-11(12)14(18)15(16)19/h1-7,17H,8H2,(H,20,21,22). The van der Waals surface area contributed by atoms with Gasteiger partial charge in [0.2, 0.25) is 0 Å². The summed E-state index contributed by atoms with van der Waals surface area (Å²) in [6, 6.07) is 9.73. The summed E-state index contributed by atoms with van der Waals surface area (Å²) < 4.78 is 31.3. The van der Waals surface area contributed by atoms with E-state index in [2.05, 4.69) is 0 Å². The molecule has 0 radical (unpaired) electrons. The van der Waals surface area contributed by atoms with Crippen molar-refractivity contribution in [3.8, 4) is 5.75 Å². The van der Waals surface area contributed by atoms with E-state index in [0.717, 1.165) is 17.0 Å². The largest absolute Gasteiger partial charge is 0.508 e. The summed E-state index contributed by atoms with van der Waals surface area (Å²) in [5.41, 5.74) is 0.580. The number of carbonyl (C=O) groups excluding carboxylic acids is 2. The quantitative estimate of drug-likeness (QED) is 0.648. The minimum absolute atomic E-state index is 0.0178. The number of benzene rings is 2. The molecule has 0 saturated heterocycles. The lowest BCUT2D eigenvalue weighted by molar-refractivity contribution is -0.114. The van der Waals surface area contributed by atoms with Gasteiger partial charge in [-0.3, -0.25) is 14.1 Å². The van der Waals surface area contributed by atoms with Crippen molar-refractivity contribution in [3.05, 3.63) is 53.6 Å². The maximum atomic E-state index is 12.1. The van der Waals surface area contributed by atoms with Crippen LogP contribution in [0.5, 0.6) is 5.75 Å². The van der Waals surface area contributed by atoms with Crippen LogP contribution >= 0.6 is 0 Å². The number of fused-ring (bicyclic) bond motifs is 1. The van der Waals surface area contributed by atoms with Gasteiger partial charge >= 0.3 is 0 Å². The number of ketones is 1. The number of phenols is 1. The minimum Gasteiger partial charge on any atom is -0.508 e. The predicted octanol–water partition coefficient (Wildman–Crippen LogP) is 1.37. The molecule has 0 aromatic heterocycles. The van der Waals surface area contributed by atoms with Gasteiger partial charge in [-0.05, 0) is 24.3 Å². The lowest BCUT2D eigenvalue weighted by Crippen LogP contribution is -2.29. The number of anilines is 1. The van der Waals surface area contributed by atoms with Crippen LogP contribution < -0.4 is 4.90 Å². The summed E-state index contributed by atoms with van der Waals surface area (Å²) in [5.74, 6) is -1.70. The topological polar surface area (TPSA) is 112 Å². The Kier molecular flexibility index (Phi) is 3.42. The first-order valence-electron chi connectivity index (χ1n) is 6.53. The number of amides is 1. The SMILES string of the molecule is O=C1C(=O)N(Cc2ccccc2O)c2ccc(S(=O)(=O)O)cc21. The zero-order chi connectivity index (χ0) is 16.8. The second kappa shape index (κ2) is 5.18. The Morgan fingerprint density at radius 3 is 2.39 bits per heavy atom. The molecule has 1 aliphatic heterocycles. The first-order chi connectivity index (χ1) is 10.8. The van der Waals surface area contributed by atoms with Gasteiger partial charge in [-0.1, -0.05) is 18.2 Å². The average Bonchev–Trinajstić information content (AvgIpc) is 2.73. The number of para-hydroxylation sites is 1. The van der Waals surface area contributed by atoms with Gasteiger partial charge in [-0.25, -0.2) is 0 Å². The van der Waals surface area contributed by atoms with E-state index in [-0.39, 0.29) is 23.5 Å². The van der Waals surface area contributed by atoms with Crippen LogP contribution in [0.3, 0.4) is 0 Å². The van der Waals surface area contributed by atoms with E-state index < -0.39 is 26.7 Å². The Balaban J connectivity index is 2.05. The summed E-state index contributed by atoms with van der Waals surface area (Å²) >= 11 is 0. The minimum atomic E-state index is -4.47. The Labute approximate surface area is 131 Å². The average molecular weight is 333 g/mol. The van der Waals surface area contributed by atoms with Gasteiger partial charge < -0.3 is 10.0 Å². The van der Waals surface area contributed by atoms with Crippen LogP contribution in [0.25, 0.3) is 0 Å². The van der Waals surface area contributed by atoms with Crippen molar-refractivity contribution in [3.63, 3.8) is 0 Å². The summed E-state index contributed by atoms with van der Waals surface area (Å²) in [7, 11) is -4.47. The molecule has 0 aliphatic carbocycles. The van der Waals surface area contributed by atoms with Gasteiger partial charge in [0.05, 0.1) is 22.7 Å². The molecule has 0 atom stereocenters. The van der Waals surface area contributed by atoms with Crippen LogP contribution in [0.1, 0.15) is 15.9 Å². The first-order valence-corrected chi connectivity index (χ1v) is 7.97. The fourth-order valence-electron chi connectivity index (χ4n) is 2.41. The highest BCUT2D eigenvalue weighted by molar-refractivity contribution is 7.85. The number of Topliss-reactive ketones (excluding diaryl/α,β-unsaturated/α-hetero) is 1. The molecule has 1 aliphatic rings. The molecule has 7 nitrogen and oxygen atoms in total. The van der Waals surface area contributed by atoms with Gasteiger partial charge in [-0.15, -0.1) is 0 Å². The van der Waals surface area contributed by atoms with E-state index in [0.29, 0.717) is 5.56 Å². The van der Waals surface area contributed by atoms with E-state index in [1.54, 1.807) is 18.2 Å². The van der Waals surface area contributed by atoms with Crippen LogP contribution in [0.15, 0.2) is 47.4 Å². The third kappa shape index (κ3) is 2.58. The van der Waals surface area contributed by atoms with E-state index in [9.17, 15) is 23.1 Å². The number of rotatable bonds is 3. The molecule has 0 saturated carbocycles. The Bertz CT molecular complexity index is 935. The Morgan fingerprint density at radius 2 is 1.74 bits per heavy atom. The smallest absolute Gasteiger partial charge is 0.299 e. The maximum absolute atomic E-state index is 12.1. The molecule has 118 valence electrons. The molecule has 0 fully saturated rings. The molecular formula is C15H11NO6S. The fourth-order valence-corrected chi connectivity index (χ4v) is 2.92. The van der Waals surface area contributed by atoms with Crippen molar-refractivity contribution in [2.75, 3.05) is 4.90 Å².